The van der Waals surface area contributed by atoms with Crippen LogP contribution < -0.4 is 0 Å². The van der Waals surface area contributed by atoms with Crippen molar-refractivity contribution in [1.82, 2.24) is 0 Å². The molecule has 0 aliphatic rings. The van der Waals surface area contributed by atoms with Crippen molar-refractivity contribution in [2.75, 3.05) is 13.2 Å². The summed E-state index contributed by atoms with van der Waals surface area (Å²) in [7, 11) is 0. The third-order valence-electron chi connectivity index (χ3n) is 4.17. The SMILES string of the molecule is CC(C)(CO)OC(=O)CCCC(=O)OC(C)(C)COC(C)(C)c1ccccc1. The van der Waals surface area contributed by atoms with Gasteiger partial charge in [-0.05, 0) is 53.5 Å². The van der Waals surface area contributed by atoms with Crippen LogP contribution in [0, 0.1) is 0 Å². The van der Waals surface area contributed by atoms with Crippen LogP contribution in [0.4, 0.5) is 0 Å². The Kier molecular flexibility index (Phi) is 8.64. The summed E-state index contributed by atoms with van der Waals surface area (Å²) < 4.78 is 16.7. The smallest absolute Gasteiger partial charge is 0.306 e. The minimum absolute atomic E-state index is 0.0937. The zero-order valence-corrected chi connectivity index (χ0v) is 17.9. The van der Waals surface area contributed by atoms with Crippen LogP contribution in [-0.2, 0) is 29.4 Å². The molecule has 158 valence electrons. The normalized spacial score (nSPS) is 12.5. The first kappa shape index (κ1) is 24.1. The largest absolute Gasteiger partial charge is 0.457 e. The minimum atomic E-state index is -0.914. The highest BCUT2D eigenvalue weighted by molar-refractivity contribution is 5.73. The summed E-state index contributed by atoms with van der Waals surface area (Å²) in [6, 6.07) is 9.86. The van der Waals surface area contributed by atoms with Crippen LogP contribution in [0.3, 0.4) is 0 Å². The molecule has 6 nitrogen and oxygen atoms in total. The van der Waals surface area contributed by atoms with E-state index in [1.165, 1.54) is 0 Å². The maximum atomic E-state index is 12.1. The highest BCUT2D eigenvalue weighted by Crippen LogP contribution is 2.26. The standard InChI is InChI=1S/C22H34O6/c1-20(2,15-23)27-18(24)13-10-14-19(25)28-21(3,4)16-26-22(5,6)17-11-8-7-9-12-17/h7-9,11-12,23H,10,13-16H2,1-6H3. The lowest BCUT2D eigenvalue weighted by Gasteiger charge is -2.32. The van der Waals surface area contributed by atoms with Gasteiger partial charge in [-0.3, -0.25) is 9.59 Å². The predicted octanol–water partition coefficient (Wildman–Crippen LogP) is 3.74. The van der Waals surface area contributed by atoms with Crippen LogP contribution in [0.2, 0.25) is 0 Å². The van der Waals surface area contributed by atoms with E-state index >= 15 is 0 Å². The van der Waals surface area contributed by atoms with Gasteiger partial charge in [0, 0.05) is 12.8 Å². The fraction of sp³-hybridized carbons (Fsp3) is 0.636. The van der Waals surface area contributed by atoms with E-state index in [0.717, 1.165) is 5.56 Å². The molecule has 0 bridgehead atoms. The molecule has 0 aliphatic heterocycles. The molecule has 0 atom stereocenters. The van der Waals surface area contributed by atoms with Crippen LogP contribution in [0.5, 0.6) is 0 Å². The van der Waals surface area contributed by atoms with Crippen LogP contribution in [0.25, 0.3) is 0 Å². The Morgan fingerprint density at radius 1 is 0.857 bits per heavy atom. The van der Waals surface area contributed by atoms with Gasteiger partial charge in [0.05, 0.1) is 18.8 Å². The maximum Gasteiger partial charge on any atom is 0.306 e. The number of carbonyl (C=O) groups is 2. The molecule has 6 heteroatoms. The summed E-state index contributed by atoms with van der Waals surface area (Å²) in [4.78, 5) is 23.8. The maximum absolute atomic E-state index is 12.1. The summed E-state index contributed by atoms with van der Waals surface area (Å²) >= 11 is 0. The van der Waals surface area contributed by atoms with Crippen molar-refractivity contribution in [3.05, 3.63) is 35.9 Å². The van der Waals surface area contributed by atoms with E-state index in [4.69, 9.17) is 19.3 Å². The molecule has 0 aromatic heterocycles. The molecule has 1 aromatic carbocycles. The number of esters is 2. The Labute approximate surface area is 168 Å². The van der Waals surface area contributed by atoms with Gasteiger partial charge in [-0.25, -0.2) is 0 Å². The molecule has 0 amide bonds. The van der Waals surface area contributed by atoms with Crippen molar-refractivity contribution in [1.29, 1.82) is 0 Å². The number of ether oxygens (including phenoxy) is 3. The van der Waals surface area contributed by atoms with Crippen LogP contribution in [0.15, 0.2) is 30.3 Å². The summed E-state index contributed by atoms with van der Waals surface area (Å²) in [5.74, 6) is -0.834. The first-order chi connectivity index (χ1) is 12.9. The zero-order valence-electron chi connectivity index (χ0n) is 17.9. The molecule has 0 radical (unpaired) electrons. The van der Waals surface area contributed by atoms with E-state index in [2.05, 4.69) is 0 Å². The van der Waals surface area contributed by atoms with Crippen molar-refractivity contribution in [2.24, 2.45) is 0 Å². The van der Waals surface area contributed by atoms with Gasteiger partial charge in [-0.2, -0.15) is 0 Å². The van der Waals surface area contributed by atoms with E-state index in [9.17, 15) is 9.59 Å². The van der Waals surface area contributed by atoms with Gasteiger partial charge >= 0.3 is 11.9 Å². The van der Waals surface area contributed by atoms with Crippen molar-refractivity contribution >= 4 is 11.9 Å². The molecule has 0 fully saturated rings. The van der Waals surface area contributed by atoms with Gasteiger partial charge in [-0.15, -0.1) is 0 Å². The lowest BCUT2D eigenvalue weighted by atomic mass is 9.98. The highest BCUT2D eigenvalue weighted by Gasteiger charge is 2.29. The summed E-state index contributed by atoms with van der Waals surface area (Å²) in [5.41, 5.74) is -1.17. The molecule has 0 unspecified atom stereocenters. The molecular formula is C22H34O6. The zero-order chi connectivity index (χ0) is 21.4. The first-order valence-corrected chi connectivity index (χ1v) is 9.61. The van der Waals surface area contributed by atoms with Gasteiger partial charge in [0.15, 0.2) is 0 Å². The van der Waals surface area contributed by atoms with Crippen molar-refractivity contribution in [3.8, 4) is 0 Å². The van der Waals surface area contributed by atoms with E-state index in [-0.39, 0.29) is 32.0 Å². The van der Waals surface area contributed by atoms with Gasteiger partial charge in [0.25, 0.3) is 0 Å². The van der Waals surface area contributed by atoms with Crippen LogP contribution in [0.1, 0.15) is 66.4 Å². The fourth-order valence-electron chi connectivity index (χ4n) is 2.43. The third-order valence-corrected chi connectivity index (χ3v) is 4.17. The molecule has 0 saturated carbocycles. The average Bonchev–Trinajstić information content (AvgIpc) is 2.60. The summed E-state index contributed by atoms with van der Waals surface area (Å²) in [6.07, 6.45) is 0.530. The Bertz CT molecular complexity index is 634. The Balaban J connectivity index is 2.40. The molecule has 1 aromatic rings. The number of aliphatic hydroxyl groups is 1. The lowest BCUT2D eigenvalue weighted by Crippen LogP contribution is -2.37. The Morgan fingerprint density at radius 3 is 1.86 bits per heavy atom. The predicted molar refractivity (Wildman–Crippen MR) is 107 cm³/mol. The molecule has 0 spiro atoms. The quantitative estimate of drug-likeness (QED) is 0.576. The lowest BCUT2D eigenvalue weighted by molar-refractivity contribution is -0.169. The molecule has 0 saturated heterocycles. The topological polar surface area (TPSA) is 82.1 Å². The van der Waals surface area contributed by atoms with Crippen molar-refractivity contribution in [3.63, 3.8) is 0 Å². The minimum Gasteiger partial charge on any atom is -0.457 e. The summed E-state index contributed by atoms with van der Waals surface area (Å²) in [5, 5.41) is 9.10. The summed E-state index contributed by atoms with van der Waals surface area (Å²) in [6.45, 7) is 10.8. The van der Waals surface area contributed by atoms with E-state index in [1.807, 2.05) is 44.2 Å². The number of rotatable bonds is 11. The molecule has 28 heavy (non-hydrogen) atoms. The van der Waals surface area contributed by atoms with E-state index < -0.39 is 22.8 Å². The average molecular weight is 395 g/mol. The monoisotopic (exact) mass is 394 g/mol. The first-order valence-electron chi connectivity index (χ1n) is 9.61. The third kappa shape index (κ3) is 8.85. The number of benzene rings is 1. The number of hydrogen-bond donors (Lipinski definition) is 1. The van der Waals surface area contributed by atoms with Crippen LogP contribution in [-0.4, -0.2) is 41.5 Å². The second kappa shape index (κ2) is 10.0. The van der Waals surface area contributed by atoms with Gasteiger partial charge in [-0.1, -0.05) is 30.3 Å². The van der Waals surface area contributed by atoms with E-state index in [0.29, 0.717) is 6.42 Å². The molecule has 0 heterocycles. The van der Waals surface area contributed by atoms with Crippen LogP contribution >= 0.6 is 0 Å². The fourth-order valence-corrected chi connectivity index (χ4v) is 2.43. The number of carbonyl (C=O) groups excluding carboxylic acids is 2. The van der Waals surface area contributed by atoms with Gasteiger partial charge in [0.1, 0.15) is 11.2 Å². The molecular weight excluding hydrogens is 360 g/mol. The molecule has 1 rings (SSSR count). The second-order valence-electron chi connectivity index (χ2n) is 8.64. The molecule has 1 N–H and O–H groups in total. The Hall–Kier alpha value is -1.92. The highest BCUT2D eigenvalue weighted by atomic mass is 16.6. The van der Waals surface area contributed by atoms with Crippen molar-refractivity contribution < 1.29 is 28.9 Å². The van der Waals surface area contributed by atoms with Gasteiger partial charge < -0.3 is 19.3 Å². The van der Waals surface area contributed by atoms with E-state index in [1.54, 1.807) is 27.7 Å². The number of hydrogen-bond acceptors (Lipinski definition) is 6. The second-order valence-corrected chi connectivity index (χ2v) is 8.64. The Morgan fingerprint density at radius 2 is 1.36 bits per heavy atom. The number of aliphatic hydroxyl groups excluding tert-OH is 1. The van der Waals surface area contributed by atoms with Gasteiger partial charge in [0.2, 0.25) is 0 Å². The van der Waals surface area contributed by atoms with Crippen molar-refractivity contribution in [2.45, 2.75) is 77.6 Å². The molecule has 0 aliphatic carbocycles.